The molecule has 1 unspecified atom stereocenters. The molecule has 0 bridgehead atoms. The summed E-state index contributed by atoms with van der Waals surface area (Å²) in [5, 5.41) is 0. The Kier molecular flexibility index (Phi) is 3.75. The van der Waals surface area contributed by atoms with Crippen molar-refractivity contribution >= 4 is 0 Å². The van der Waals surface area contributed by atoms with Gasteiger partial charge in [0.25, 0.3) is 0 Å². The predicted molar refractivity (Wildman–Crippen MR) is 80.0 cm³/mol. The number of pyridine rings is 1. The van der Waals surface area contributed by atoms with Crippen LogP contribution in [0.5, 0.6) is 0 Å². The van der Waals surface area contributed by atoms with Gasteiger partial charge in [-0.1, -0.05) is 54.6 Å². The average molecular weight is 263 g/mol. The first kappa shape index (κ1) is 12.8. The van der Waals surface area contributed by atoms with Crippen LogP contribution in [-0.4, -0.2) is 4.98 Å². The maximum absolute atomic E-state index is 6.24. The van der Waals surface area contributed by atoms with Crippen molar-refractivity contribution in [1.29, 1.82) is 0 Å². The first-order chi connectivity index (χ1) is 9.89. The van der Waals surface area contributed by atoms with Gasteiger partial charge in [0.1, 0.15) is 5.60 Å². The van der Waals surface area contributed by atoms with Gasteiger partial charge in [0.2, 0.25) is 0 Å². The molecule has 1 heterocycles. The van der Waals surface area contributed by atoms with E-state index in [1.54, 1.807) is 0 Å². The van der Waals surface area contributed by atoms with Gasteiger partial charge in [-0.3, -0.25) is 4.98 Å². The standard InChI is InChI=1S/C18H17NO/c1-3-9-16(10-4-1)15-20-18(12-6-2-7-13-18)17-11-5-8-14-19-17/h1-12,14H,13,15H2. The summed E-state index contributed by atoms with van der Waals surface area (Å²) < 4.78 is 6.24. The number of rotatable bonds is 4. The zero-order valence-corrected chi connectivity index (χ0v) is 11.3. The average Bonchev–Trinajstić information content (AvgIpc) is 2.56. The van der Waals surface area contributed by atoms with Gasteiger partial charge in [0.15, 0.2) is 0 Å². The Bertz CT molecular complexity index is 604. The van der Waals surface area contributed by atoms with Crippen LogP contribution in [0.3, 0.4) is 0 Å². The summed E-state index contributed by atoms with van der Waals surface area (Å²) in [5.41, 5.74) is 1.67. The SMILES string of the molecule is C1=CCC(OCc2ccccc2)(c2ccccn2)C=C1. The van der Waals surface area contributed by atoms with Crippen molar-refractivity contribution in [3.8, 4) is 0 Å². The quantitative estimate of drug-likeness (QED) is 0.831. The lowest BCUT2D eigenvalue weighted by molar-refractivity contribution is -0.0263. The van der Waals surface area contributed by atoms with E-state index in [9.17, 15) is 0 Å². The van der Waals surface area contributed by atoms with Gasteiger partial charge >= 0.3 is 0 Å². The summed E-state index contributed by atoms with van der Waals surface area (Å²) in [5.74, 6) is 0. The fourth-order valence-corrected chi connectivity index (χ4v) is 2.37. The Morgan fingerprint density at radius 2 is 1.85 bits per heavy atom. The number of benzene rings is 1. The second-order valence-corrected chi connectivity index (χ2v) is 4.87. The molecule has 0 saturated heterocycles. The Balaban J connectivity index is 1.84. The molecule has 2 nitrogen and oxygen atoms in total. The number of hydrogen-bond acceptors (Lipinski definition) is 2. The third-order valence-corrected chi connectivity index (χ3v) is 3.47. The minimum atomic E-state index is -0.453. The molecule has 2 heteroatoms. The summed E-state index contributed by atoms with van der Waals surface area (Å²) in [7, 11) is 0. The molecule has 0 aliphatic heterocycles. The minimum Gasteiger partial charge on any atom is -0.360 e. The Hall–Kier alpha value is -2.19. The van der Waals surface area contributed by atoms with Crippen LogP contribution in [0.2, 0.25) is 0 Å². The van der Waals surface area contributed by atoms with Gasteiger partial charge in [-0.15, -0.1) is 0 Å². The molecule has 0 fully saturated rings. The van der Waals surface area contributed by atoms with E-state index < -0.39 is 5.60 Å². The lowest BCUT2D eigenvalue weighted by atomic mass is 9.91. The highest BCUT2D eigenvalue weighted by Gasteiger charge is 2.31. The molecule has 1 aromatic carbocycles. The molecule has 0 radical (unpaired) electrons. The highest BCUT2D eigenvalue weighted by molar-refractivity contribution is 5.28. The molecule has 20 heavy (non-hydrogen) atoms. The molecule has 0 amide bonds. The van der Waals surface area contributed by atoms with E-state index in [0.29, 0.717) is 6.61 Å². The third kappa shape index (κ3) is 2.70. The largest absolute Gasteiger partial charge is 0.360 e. The molecule has 0 spiro atoms. The maximum Gasteiger partial charge on any atom is 0.132 e. The second kappa shape index (κ2) is 5.85. The van der Waals surface area contributed by atoms with Crippen LogP contribution in [-0.2, 0) is 16.9 Å². The summed E-state index contributed by atoms with van der Waals surface area (Å²) in [6.45, 7) is 0.579. The molecule has 1 aliphatic rings. The fraction of sp³-hybridized carbons (Fsp3) is 0.167. The predicted octanol–water partition coefficient (Wildman–Crippen LogP) is 4.01. The smallest absolute Gasteiger partial charge is 0.132 e. The van der Waals surface area contributed by atoms with Crippen LogP contribution in [0, 0.1) is 0 Å². The molecule has 1 aliphatic carbocycles. The molecule has 3 rings (SSSR count). The van der Waals surface area contributed by atoms with Crippen LogP contribution in [0.1, 0.15) is 17.7 Å². The number of allylic oxidation sites excluding steroid dienone is 2. The maximum atomic E-state index is 6.24. The Morgan fingerprint density at radius 1 is 1.00 bits per heavy atom. The van der Waals surface area contributed by atoms with Crippen molar-refractivity contribution in [2.75, 3.05) is 0 Å². The summed E-state index contributed by atoms with van der Waals surface area (Å²) in [6.07, 6.45) is 10.9. The molecule has 1 atom stereocenters. The molecule has 100 valence electrons. The van der Waals surface area contributed by atoms with E-state index in [1.807, 2.05) is 54.7 Å². The Labute approximate surface area is 119 Å². The van der Waals surface area contributed by atoms with E-state index in [1.165, 1.54) is 5.56 Å². The van der Waals surface area contributed by atoms with Crippen molar-refractivity contribution in [2.24, 2.45) is 0 Å². The third-order valence-electron chi connectivity index (χ3n) is 3.47. The summed E-state index contributed by atoms with van der Waals surface area (Å²) >= 11 is 0. The van der Waals surface area contributed by atoms with Gasteiger partial charge in [0.05, 0.1) is 12.3 Å². The van der Waals surface area contributed by atoms with Gasteiger partial charge in [-0.25, -0.2) is 0 Å². The lowest BCUT2D eigenvalue weighted by Gasteiger charge is -2.31. The Morgan fingerprint density at radius 3 is 2.55 bits per heavy atom. The normalized spacial score (nSPS) is 21.0. The monoisotopic (exact) mass is 263 g/mol. The van der Waals surface area contributed by atoms with Crippen LogP contribution in [0.15, 0.2) is 79.0 Å². The molecule has 2 aromatic rings. The van der Waals surface area contributed by atoms with Crippen LogP contribution >= 0.6 is 0 Å². The second-order valence-electron chi connectivity index (χ2n) is 4.87. The van der Waals surface area contributed by atoms with E-state index in [-0.39, 0.29) is 0 Å². The van der Waals surface area contributed by atoms with Gasteiger partial charge < -0.3 is 4.74 Å². The first-order valence-electron chi connectivity index (χ1n) is 6.83. The number of aromatic nitrogens is 1. The first-order valence-corrected chi connectivity index (χ1v) is 6.83. The zero-order valence-electron chi connectivity index (χ0n) is 11.3. The topological polar surface area (TPSA) is 22.1 Å². The molecule has 1 aromatic heterocycles. The zero-order chi connectivity index (χ0) is 13.7. The van der Waals surface area contributed by atoms with Gasteiger partial charge in [-0.05, 0) is 23.8 Å². The van der Waals surface area contributed by atoms with E-state index in [2.05, 4.69) is 29.3 Å². The minimum absolute atomic E-state index is 0.453. The van der Waals surface area contributed by atoms with Gasteiger partial charge in [-0.2, -0.15) is 0 Å². The van der Waals surface area contributed by atoms with Gasteiger partial charge in [0, 0.05) is 12.6 Å². The summed E-state index contributed by atoms with van der Waals surface area (Å²) in [4.78, 5) is 4.48. The van der Waals surface area contributed by atoms with Crippen molar-refractivity contribution in [3.05, 3.63) is 90.3 Å². The summed E-state index contributed by atoms with van der Waals surface area (Å²) in [6, 6.07) is 16.2. The number of hydrogen-bond donors (Lipinski definition) is 0. The highest BCUT2D eigenvalue weighted by atomic mass is 16.5. The molecule has 0 N–H and O–H groups in total. The number of nitrogens with zero attached hydrogens (tertiary/aromatic N) is 1. The van der Waals surface area contributed by atoms with Crippen molar-refractivity contribution in [1.82, 2.24) is 4.98 Å². The molecule has 0 saturated carbocycles. The van der Waals surface area contributed by atoms with Crippen LogP contribution in [0.25, 0.3) is 0 Å². The van der Waals surface area contributed by atoms with E-state index >= 15 is 0 Å². The van der Waals surface area contributed by atoms with Crippen LogP contribution < -0.4 is 0 Å². The van der Waals surface area contributed by atoms with E-state index in [0.717, 1.165) is 12.1 Å². The lowest BCUT2D eigenvalue weighted by Crippen LogP contribution is -2.29. The number of ether oxygens (including phenoxy) is 1. The van der Waals surface area contributed by atoms with Crippen molar-refractivity contribution in [3.63, 3.8) is 0 Å². The van der Waals surface area contributed by atoms with E-state index in [4.69, 9.17) is 4.74 Å². The molecular weight excluding hydrogens is 246 g/mol. The highest BCUT2D eigenvalue weighted by Crippen LogP contribution is 2.33. The van der Waals surface area contributed by atoms with Crippen molar-refractivity contribution in [2.45, 2.75) is 18.6 Å². The van der Waals surface area contributed by atoms with Crippen molar-refractivity contribution < 1.29 is 4.74 Å². The fourth-order valence-electron chi connectivity index (χ4n) is 2.37. The molecular formula is C18H17NO. The van der Waals surface area contributed by atoms with Crippen LogP contribution in [0.4, 0.5) is 0 Å².